The third-order valence-corrected chi connectivity index (χ3v) is 4.22. The summed E-state index contributed by atoms with van der Waals surface area (Å²) in [6.07, 6.45) is 3.79. The van der Waals surface area contributed by atoms with Crippen molar-refractivity contribution < 1.29 is 4.79 Å². The molecule has 0 saturated heterocycles. The maximum Gasteiger partial charge on any atom is 0.322 e. The van der Waals surface area contributed by atoms with E-state index in [-0.39, 0.29) is 12.1 Å². The summed E-state index contributed by atoms with van der Waals surface area (Å²) in [7, 11) is 0. The molecule has 22 heavy (non-hydrogen) atoms. The van der Waals surface area contributed by atoms with Crippen LogP contribution in [0.4, 0.5) is 10.5 Å². The highest BCUT2D eigenvalue weighted by Gasteiger charge is 2.32. The van der Waals surface area contributed by atoms with Gasteiger partial charge in [-0.05, 0) is 43.2 Å². The van der Waals surface area contributed by atoms with Crippen LogP contribution in [-0.4, -0.2) is 22.0 Å². The first-order valence-electron chi connectivity index (χ1n) is 7.06. The molecule has 1 aliphatic carbocycles. The van der Waals surface area contributed by atoms with Crippen molar-refractivity contribution in [2.24, 2.45) is 0 Å². The Balaban J connectivity index is 1.71. The van der Waals surface area contributed by atoms with Crippen LogP contribution < -0.4 is 5.32 Å². The van der Waals surface area contributed by atoms with Gasteiger partial charge in [-0.2, -0.15) is 0 Å². The number of carbonyl (C=O) groups excluding carboxylic acids is 1. The van der Waals surface area contributed by atoms with Crippen LogP contribution in [0.2, 0.25) is 10.0 Å². The van der Waals surface area contributed by atoms with Crippen LogP contribution in [0.5, 0.6) is 0 Å². The Morgan fingerprint density at radius 2 is 2.05 bits per heavy atom. The van der Waals surface area contributed by atoms with Crippen LogP contribution in [0.1, 0.15) is 18.5 Å². The molecule has 1 aromatic carbocycles. The molecule has 3 rings (SSSR count). The van der Waals surface area contributed by atoms with Gasteiger partial charge in [0, 0.05) is 17.9 Å². The van der Waals surface area contributed by atoms with Gasteiger partial charge in [0.05, 0.1) is 22.3 Å². The van der Waals surface area contributed by atoms with E-state index in [0.29, 0.717) is 22.3 Å². The Kier molecular flexibility index (Phi) is 4.50. The summed E-state index contributed by atoms with van der Waals surface area (Å²) in [6.45, 7) is 0.499. The predicted octanol–water partition coefficient (Wildman–Crippen LogP) is 4.58. The summed E-state index contributed by atoms with van der Waals surface area (Å²) in [4.78, 5) is 18.6. The van der Waals surface area contributed by atoms with Crippen molar-refractivity contribution >= 4 is 34.9 Å². The molecule has 1 aliphatic rings. The SMILES string of the molecule is O=C(Nc1ccc(Cl)c(Cl)c1)N(Cc1ccccn1)C1CC1. The predicted molar refractivity (Wildman–Crippen MR) is 88.3 cm³/mol. The summed E-state index contributed by atoms with van der Waals surface area (Å²) in [5, 5.41) is 3.75. The molecular weight excluding hydrogens is 321 g/mol. The largest absolute Gasteiger partial charge is 0.322 e. The second-order valence-corrected chi connectivity index (χ2v) is 6.05. The average molecular weight is 336 g/mol. The standard InChI is InChI=1S/C16H15Cl2N3O/c17-14-7-4-11(9-15(14)18)20-16(22)21(13-5-6-13)10-12-3-1-2-8-19-12/h1-4,7-9,13H,5-6,10H2,(H,20,22). The summed E-state index contributed by atoms with van der Waals surface area (Å²) < 4.78 is 0. The first-order chi connectivity index (χ1) is 10.6. The van der Waals surface area contributed by atoms with Gasteiger partial charge in [0.15, 0.2) is 0 Å². The molecule has 0 radical (unpaired) electrons. The van der Waals surface area contributed by atoms with E-state index in [1.54, 1.807) is 24.4 Å². The van der Waals surface area contributed by atoms with Crippen LogP contribution in [0, 0.1) is 0 Å². The van der Waals surface area contributed by atoms with Gasteiger partial charge < -0.3 is 10.2 Å². The van der Waals surface area contributed by atoms with Crippen molar-refractivity contribution in [2.75, 3.05) is 5.32 Å². The Morgan fingerprint density at radius 1 is 1.23 bits per heavy atom. The Morgan fingerprint density at radius 3 is 2.68 bits per heavy atom. The summed E-state index contributed by atoms with van der Waals surface area (Å²) >= 11 is 11.9. The lowest BCUT2D eigenvalue weighted by Crippen LogP contribution is -2.36. The lowest BCUT2D eigenvalue weighted by molar-refractivity contribution is 0.205. The lowest BCUT2D eigenvalue weighted by Gasteiger charge is -2.22. The smallest absolute Gasteiger partial charge is 0.316 e. The molecule has 1 heterocycles. The topological polar surface area (TPSA) is 45.2 Å². The molecule has 2 amide bonds. The van der Waals surface area contributed by atoms with E-state index < -0.39 is 0 Å². The van der Waals surface area contributed by atoms with E-state index in [4.69, 9.17) is 23.2 Å². The van der Waals surface area contributed by atoms with Gasteiger partial charge in [0.1, 0.15) is 0 Å². The van der Waals surface area contributed by atoms with Gasteiger partial charge >= 0.3 is 6.03 Å². The van der Waals surface area contributed by atoms with E-state index >= 15 is 0 Å². The van der Waals surface area contributed by atoms with Gasteiger partial charge in [-0.25, -0.2) is 4.79 Å². The van der Waals surface area contributed by atoms with Crippen molar-refractivity contribution in [3.8, 4) is 0 Å². The zero-order chi connectivity index (χ0) is 15.5. The second-order valence-electron chi connectivity index (χ2n) is 5.24. The van der Waals surface area contributed by atoms with Crippen LogP contribution in [0.25, 0.3) is 0 Å². The van der Waals surface area contributed by atoms with Gasteiger partial charge in [-0.15, -0.1) is 0 Å². The number of anilines is 1. The summed E-state index contributed by atoms with van der Waals surface area (Å²) in [5.41, 5.74) is 1.50. The van der Waals surface area contributed by atoms with Crippen molar-refractivity contribution in [2.45, 2.75) is 25.4 Å². The maximum absolute atomic E-state index is 12.5. The molecular formula is C16H15Cl2N3O. The number of nitrogens with zero attached hydrogens (tertiary/aromatic N) is 2. The number of rotatable bonds is 4. The van der Waals surface area contributed by atoms with Crippen molar-refractivity contribution in [1.29, 1.82) is 0 Å². The fourth-order valence-corrected chi connectivity index (χ4v) is 2.49. The molecule has 1 aromatic heterocycles. The minimum absolute atomic E-state index is 0.147. The normalized spacial score (nSPS) is 13.7. The second kappa shape index (κ2) is 6.55. The zero-order valence-electron chi connectivity index (χ0n) is 11.8. The van der Waals surface area contributed by atoms with Gasteiger partial charge in [-0.1, -0.05) is 29.3 Å². The van der Waals surface area contributed by atoms with Crippen molar-refractivity contribution in [3.05, 3.63) is 58.3 Å². The number of carbonyl (C=O) groups is 1. The number of amides is 2. The van der Waals surface area contributed by atoms with Crippen LogP contribution in [0.15, 0.2) is 42.6 Å². The van der Waals surface area contributed by atoms with Crippen molar-refractivity contribution in [3.63, 3.8) is 0 Å². The number of aromatic nitrogens is 1. The third kappa shape index (κ3) is 3.70. The summed E-state index contributed by atoms with van der Waals surface area (Å²) in [6, 6.07) is 10.9. The minimum atomic E-state index is -0.147. The summed E-state index contributed by atoms with van der Waals surface area (Å²) in [5.74, 6) is 0. The van der Waals surface area contributed by atoms with Gasteiger partial charge in [-0.3, -0.25) is 4.98 Å². The van der Waals surface area contributed by atoms with Crippen LogP contribution in [-0.2, 0) is 6.54 Å². The molecule has 2 aromatic rings. The molecule has 0 spiro atoms. The fraction of sp³-hybridized carbons (Fsp3) is 0.250. The lowest BCUT2D eigenvalue weighted by atomic mass is 10.3. The molecule has 114 valence electrons. The van der Waals surface area contributed by atoms with E-state index in [1.165, 1.54) is 0 Å². The van der Waals surface area contributed by atoms with E-state index in [9.17, 15) is 4.79 Å². The number of pyridine rings is 1. The highest BCUT2D eigenvalue weighted by Crippen LogP contribution is 2.30. The third-order valence-electron chi connectivity index (χ3n) is 3.48. The molecule has 1 saturated carbocycles. The number of nitrogens with one attached hydrogen (secondary N) is 1. The molecule has 0 aliphatic heterocycles. The number of urea groups is 1. The highest BCUT2D eigenvalue weighted by atomic mass is 35.5. The minimum Gasteiger partial charge on any atom is -0.316 e. The maximum atomic E-state index is 12.5. The van der Waals surface area contributed by atoms with E-state index in [2.05, 4.69) is 10.3 Å². The average Bonchev–Trinajstić information content (AvgIpc) is 3.34. The highest BCUT2D eigenvalue weighted by molar-refractivity contribution is 6.42. The van der Waals surface area contributed by atoms with Crippen LogP contribution in [0.3, 0.4) is 0 Å². The quantitative estimate of drug-likeness (QED) is 0.888. The molecule has 0 atom stereocenters. The van der Waals surface area contributed by atoms with E-state index in [0.717, 1.165) is 18.5 Å². The number of hydrogen-bond acceptors (Lipinski definition) is 2. The molecule has 6 heteroatoms. The first kappa shape index (κ1) is 15.1. The molecule has 0 unspecified atom stereocenters. The zero-order valence-corrected chi connectivity index (χ0v) is 13.3. The first-order valence-corrected chi connectivity index (χ1v) is 7.81. The van der Waals surface area contributed by atoms with Gasteiger partial charge in [0.25, 0.3) is 0 Å². The van der Waals surface area contributed by atoms with E-state index in [1.807, 2.05) is 23.1 Å². The molecule has 4 nitrogen and oxygen atoms in total. The number of halogens is 2. The fourth-order valence-electron chi connectivity index (χ4n) is 2.19. The number of hydrogen-bond donors (Lipinski definition) is 1. The molecule has 1 N–H and O–H groups in total. The van der Waals surface area contributed by atoms with Crippen molar-refractivity contribution in [1.82, 2.24) is 9.88 Å². The Hall–Kier alpha value is -1.78. The Labute approximate surface area is 139 Å². The number of benzene rings is 1. The van der Waals surface area contributed by atoms with Gasteiger partial charge in [0.2, 0.25) is 0 Å². The molecule has 0 bridgehead atoms. The molecule has 1 fully saturated rings. The Bertz CT molecular complexity index is 674. The van der Waals surface area contributed by atoms with Crippen LogP contribution >= 0.6 is 23.2 Å². The monoisotopic (exact) mass is 335 g/mol.